The van der Waals surface area contributed by atoms with E-state index in [4.69, 9.17) is 4.74 Å². The molecule has 1 aliphatic carbocycles. The van der Waals surface area contributed by atoms with Crippen LogP contribution in [0.4, 0.5) is 0 Å². The van der Waals surface area contributed by atoms with Gasteiger partial charge in [0.25, 0.3) is 0 Å². The van der Waals surface area contributed by atoms with E-state index in [0.717, 1.165) is 57.7 Å². The summed E-state index contributed by atoms with van der Waals surface area (Å²) in [4.78, 5) is 8.45. The Morgan fingerprint density at radius 1 is 1.44 bits per heavy atom. The summed E-state index contributed by atoms with van der Waals surface area (Å²) in [6.07, 6.45) is 4.93. The Kier molecular flexibility index (Phi) is 7.13. The van der Waals surface area contributed by atoms with E-state index in [1.807, 2.05) is 18.4 Å². The van der Waals surface area contributed by atoms with Crippen molar-refractivity contribution in [3.05, 3.63) is 21.9 Å². The van der Waals surface area contributed by atoms with Gasteiger partial charge in [-0.05, 0) is 55.5 Å². The van der Waals surface area contributed by atoms with Crippen molar-refractivity contribution in [2.75, 3.05) is 39.9 Å². The predicted molar refractivity (Wildman–Crippen MR) is 105 cm³/mol. The van der Waals surface area contributed by atoms with Crippen molar-refractivity contribution >= 4 is 17.3 Å². The Bertz CT molecular complexity index is 555. The SMILES string of the molecule is CN=C(NCCCOCC1CC1)NCC(C)N1CCc2sccc2C1. The van der Waals surface area contributed by atoms with Gasteiger partial charge in [-0.25, -0.2) is 0 Å². The molecule has 140 valence electrons. The van der Waals surface area contributed by atoms with Gasteiger partial charge in [-0.15, -0.1) is 11.3 Å². The minimum Gasteiger partial charge on any atom is -0.381 e. The van der Waals surface area contributed by atoms with Crippen LogP contribution in [-0.2, 0) is 17.7 Å². The molecular weight excluding hydrogens is 332 g/mol. The van der Waals surface area contributed by atoms with E-state index in [2.05, 4.69) is 38.9 Å². The van der Waals surface area contributed by atoms with E-state index in [0.29, 0.717) is 6.04 Å². The maximum Gasteiger partial charge on any atom is 0.191 e. The molecule has 1 atom stereocenters. The second-order valence-electron chi connectivity index (χ2n) is 7.19. The van der Waals surface area contributed by atoms with Gasteiger partial charge in [0, 0.05) is 57.4 Å². The summed E-state index contributed by atoms with van der Waals surface area (Å²) < 4.78 is 5.67. The molecule has 1 aliphatic heterocycles. The smallest absolute Gasteiger partial charge is 0.191 e. The average Bonchev–Trinajstić information content (AvgIpc) is 3.34. The molecular formula is C19H32N4OS. The monoisotopic (exact) mass is 364 g/mol. The van der Waals surface area contributed by atoms with Crippen LogP contribution in [0.3, 0.4) is 0 Å². The Hall–Kier alpha value is -1.11. The summed E-state index contributed by atoms with van der Waals surface area (Å²) in [6, 6.07) is 2.77. The molecule has 0 radical (unpaired) electrons. The van der Waals surface area contributed by atoms with Gasteiger partial charge in [-0.2, -0.15) is 0 Å². The lowest BCUT2D eigenvalue weighted by Gasteiger charge is -2.32. The number of hydrogen-bond acceptors (Lipinski definition) is 4. The molecule has 3 rings (SSSR count). The molecule has 0 saturated heterocycles. The first kappa shape index (κ1) is 18.7. The van der Waals surface area contributed by atoms with Crippen LogP contribution in [-0.4, -0.2) is 56.8 Å². The number of thiophene rings is 1. The van der Waals surface area contributed by atoms with Crippen molar-refractivity contribution in [3.63, 3.8) is 0 Å². The van der Waals surface area contributed by atoms with Crippen LogP contribution < -0.4 is 10.6 Å². The van der Waals surface area contributed by atoms with Crippen molar-refractivity contribution in [1.29, 1.82) is 0 Å². The third-order valence-electron chi connectivity index (χ3n) is 5.06. The minimum absolute atomic E-state index is 0.494. The summed E-state index contributed by atoms with van der Waals surface area (Å²) in [7, 11) is 1.84. The maximum atomic E-state index is 5.67. The molecule has 1 aromatic rings. The zero-order chi connectivity index (χ0) is 17.5. The molecule has 2 N–H and O–H groups in total. The zero-order valence-electron chi connectivity index (χ0n) is 15.6. The minimum atomic E-state index is 0.494. The summed E-state index contributed by atoms with van der Waals surface area (Å²) in [5.41, 5.74) is 1.51. The first-order valence-corrected chi connectivity index (χ1v) is 10.5. The highest BCUT2D eigenvalue weighted by Crippen LogP contribution is 2.28. The second-order valence-corrected chi connectivity index (χ2v) is 8.19. The molecule has 0 bridgehead atoms. The number of guanidine groups is 1. The van der Waals surface area contributed by atoms with Crippen LogP contribution in [0.2, 0.25) is 0 Å². The number of ether oxygens (including phenoxy) is 1. The lowest BCUT2D eigenvalue weighted by molar-refractivity contribution is 0.123. The summed E-state index contributed by atoms with van der Waals surface area (Å²) in [5, 5.41) is 9.07. The van der Waals surface area contributed by atoms with Gasteiger partial charge in [-0.1, -0.05) is 0 Å². The van der Waals surface area contributed by atoms with Crippen LogP contribution in [0.5, 0.6) is 0 Å². The highest BCUT2D eigenvalue weighted by Gasteiger charge is 2.22. The number of nitrogens with zero attached hydrogens (tertiary/aromatic N) is 2. The van der Waals surface area contributed by atoms with Crippen molar-refractivity contribution in [2.45, 2.75) is 45.2 Å². The van der Waals surface area contributed by atoms with E-state index in [1.165, 1.54) is 24.8 Å². The normalized spacial score (nSPS) is 19.5. The van der Waals surface area contributed by atoms with E-state index in [9.17, 15) is 0 Å². The van der Waals surface area contributed by atoms with Gasteiger partial charge in [-0.3, -0.25) is 9.89 Å². The quantitative estimate of drug-likeness (QED) is 0.401. The first-order chi connectivity index (χ1) is 12.3. The van der Waals surface area contributed by atoms with Gasteiger partial charge < -0.3 is 15.4 Å². The third kappa shape index (κ3) is 5.97. The molecule has 1 aromatic heterocycles. The Labute approximate surface area is 155 Å². The third-order valence-corrected chi connectivity index (χ3v) is 6.08. The topological polar surface area (TPSA) is 48.9 Å². The van der Waals surface area contributed by atoms with E-state index in [-0.39, 0.29) is 0 Å². The molecule has 2 aliphatic rings. The molecule has 1 fully saturated rings. The summed E-state index contributed by atoms with van der Waals surface area (Å²) >= 11 is 1.90. The molecule has 6 heteroatoms. The first-order valence-electron chi connectivity index (χ1n) is 9.58. The number of rotatable bonds is 9. The highest BCUT2D eigenvalue weighted by molar-refractivity contribution is 7.10. The molecule has 0 aromatic carbocycles. The largest absolute Gasteiger partial charge is 0.381 e. The molecule has 1 saturated carbocycles. The van der Waals surface area contributed by atoms with Gasteiger partial charge in [0.15, 0.2) is 5.96 Å². The summed E-state index contributed by atoms with van der Waals surface area (Å²) in [6.45, 7) is 8.13. The van der Waals surface area contributed by atoms with Crippen molar-refractivity contribution < 1.29 is 4.74 Å². The fourth-order valence-corrected chi connectivity index (χ4v) is 4.05. The molecule has 0 spiro atoms. The predicted octanol–water partition coefficient (Wildman–Crippen LogP) is 2.48. The highest BCUT2D eigenvalue weighted by atomic mass is 32.1. The number of hydrogen-bond donors (Lipinski definition) is 2. The van der Waals surface area contributed by atoms with Crippen molar-refractivity contribution in [2.24, 2.45) is 10.9 Å². The Morgan fingerprint density at radius 2 is 2.32 bits per heavy atom. The van der Waals surface area contributed by atoms with Crippen LogP contribution in [0, 0.1) is 5.92 Å². The molecule has 2 heterocycles. The number of fused-ring (bicyclic) bond motifs is 1. The fourth-order valence-electron chi connectivity index (χ4n) is 3.16. The van der Waals surface area contributed by atoms with Crippen LogP contribution in [0.1, 0.15) is 36.6 Å². The number of nitrogens with one attached hydrogen (secondary N) is 2. The van der Waals surface area contributed by atoms with Gasteiger partial charge in [0.1, 0.15) is 0 Å². The second kappa shape index (κ2) is 9.55. The Balaban J connectivity index is 1.29. The fraction of sp³-hybridized carbons (Fsp3) is 0.737. The van der Waals surface area contributed by atoms with Gasteiger partial charge in [0.05, 0.1) is 0 Å². The van der Waals surface area contributed by atoms with Gasteiger partial charge >= 0.3 is 0 Å². The van der Waals surface area contributed by atoms with Crippen molar-refractivity contribution in [1.82, 2.24) is 15.5 Å². The van der Waals surface area contributed by atoms with Gasteiger partial charge in [0.2, 0.25) is 0 Å². The lowest BCUT2D eigenvalue weighted by Crippen LogP contribution is -2.47. The van der Waals surface area contributed by atoms with Crippen LogP contribution in [0.25, 0.3) is 0 Å². The van der Waals surface area contributed by atoms with Crippen molar-refractivity contribution in [3.8, 4) is 0 Å². The maximum absolute atomic E-state index is 5.67. The molecule has 25 heavy (non-hydrogen) atoms. The summed E-state index contributed by atoms with van der Waals surface area (Å²) in [5.74, 6) is 1.74. The standard InChI is InChI=1S/C19H32N4OS/c1-15(23-9-6-18-17(13-23)7-11-25-18)12-22-19(20-2)21-8-3-10-24-14-16-4-5-16/h7,11,15-16H,3-6,8-10,12-14H2,1-2H3,(H2,20,21,22). The van der Waals surface area contributed by atoms with E-state index >= 15 is 0 Å². The number of aliphatic imine (C=N–C) groups is 1. The Morgan fingerprint density at radius 3 is 3.12 bits per heavy atom. The zero-order valence-corrected chi connectivity index (χ0v) is 16.4. The van der Waals surface area contributed by atoms with E-state index < -0.39 is 0 Å². The molecule has 0 amide bonds. The lowest BCUT2D eigenvalue weighted by atomic mass is 10.1. The molecule has 1 unspecified atom stereocenters. The molecule has 5 nitrogen and oxygen atoms in total. The average molecular weight is 365 g/mol. The van der Waals surface area contributed by atoms with Crippen LogP contribution in [0.15, 0.2) is 16.4 Å². The van der Waals surface area contributed by atoms with Crippen LogP contribution >= 0.6 is 11.3 Å². The van der Waals surface area contributed by atoms with E-state index in [1.54, 1.807) is 4.88 Å².